The van der Waals surface area contributed by atoms with Gasteiger partial charge >= 0.3 is 25.8 Å². The third kappa shape index (κ3) is 26.8. The van der Waals surface area contributed by atoms with Gasteiger partial charge in [0, 0.05) is 51.2 Å². The molecule has 0 bridgehead atoms. The Morgan fingerprint density at radius 2 is 0.528 bits per heavy atom. The van der Waals surface area contributed by atoms with Gasteiger partial charge in [0.15, 0.2) is 5.82 Å². The van der Waals surface area contributed by atoms with Gasteiger partial charge in [0.2, 0.25) is 0 Å². The molecule has 0 aliphatic heterocycles. The van der Waals surface area contributed by atoms with E-state index in [-0.39, 0.29) is 73.3 Å². The molecule has 15 aromatic carbocycles. The van der Waals surface area contributed by atoms with Crippen LogP contribution in [0.25, 0.3) is 111 Å². The molecule has 628 valence electrons. The zero-order valence-electron chi connectivity index (χ0n) is 75.4. The largest absolute Gasteiger partial charge is 4.00 e. The second-order valence-electron chi connectivity index (χ2n) is 35.1. The molecule has 0 saturated carbocycles. The molecule has 0 unspecified atom stereocenters. The number of hydrogen-bond acceptors (Lipinski definition) is 2. The number of para-hydroxylation sites is 4. The zero-order chi connectivity index (χ0) is 88.0. The molecular weight excluding hydrogens is 1850 g/mol. The van der Waals surface area contributed by atoms with Crippen LogP contribution in [0.5, 0.6) is 0 Å². The minimum Gasteiger partial charge on any atom is -0.654 e. The first-order chi connectivity index (χ1) is 58.8. The SMILES string of the molecule is Cn1c(-c2ccc(-c3c4ccc(C(C)(C)C)cc4cc4ccc(C(C)(C)C)cc34)[n-]2)nc2ccccc21.Cn1c(-c2ccc(-c3c4ccc(C(C)(C)C)cc4cc4ccc(C(C)(C)C)cc34)[nH]2)nc2ccccc21.[CH2-]c1ccccc1.[CH2-]c1ccccc1.[CH2-]c1ccccc1.[CH2-]c1ccccc1.[CH2-]c1ccccc1.[CH2-]c1ccccc1.[CH2-]c1ccccc1.[Hf+4].[Hf]. The summed E-state index contributed by atoms with van der Waals surface area (Å²) in [6.07, 6.45) is 0. The van der Waals surface area contributed by atoms with Crippen molar-refractivity contribution < 1.29 is 51.7 Å². The first-order valence-corrected chi connectivity index (χ1v) is 42.1. The molecule has 6 nitrogen and oxygen atoms in total. The van der Waals surface area contributed by atoms with E-state index in [1.54, 1.807) is 0 Å². The molecule has 0 aliphatic rings. The van der Waals surface area contributed by atoms with E-state index in [0.717, 1.165) is 95.4 Å². The van der Waals surface area contributed by atoms with Crippen molar-refractivity contribution in [2.75, 3.05) is 0 Å². The van der Waals surface area contributed by atoms with Crippen molar-refractivity contribution in [1.29, 1.82) is 0 Å². The van der Waals surface area contributed by atoms with Gasteiger partial charge in [-0.3, -0.25) is 0 Å². The van der Waals surface area contributed by atoms with E-state index in [2.05, 4.69) is 305 Å². The second-order valence-corrected chi connectivity index (χ2v) is 35.1. The number of imidazole rings is 2. The predicted molar refractivity (Wildman–Crippen MR) is 532 cm³/mol. The van der Waals surface area contributed by atoms with Crippen LogP contribution in [-0.2, 0) is 87.4 Å². The number of aryl methyl sites for hydroxylation is 2. The van der Waals surface area contributed by atoms with Crippen LogP contribution in [0, 0.1) is 48.5 Å². The van der Waals surface area contributed by atoms with E-state index in [4.69, 9.17) is 15.0 Å². The smallest absolute Gasteiger partial charge is 0.654 e. The van der Waals surface area contributed by atoms with Gasteiger partial charge in [-0.25, -0.2) is 9.97 Å². The average Bonchev–Trinajstić information content (AvgIpc) is 1.33. The summed E-state index contributed by atoms with van der Waals surface area (Å²) >= 11 is 0. The van der Waals surface area contributed by atoms with Gasteiger partial charge in [-0.15, -0.1) is 90.6 Å². The number of nitrogens with one attached hydrogen (secondary N) is 1. The Labute approximate surface area is 783 Å². The van der Waals surface area contributed by atoms with E-state index >= 15 is 0 Å². The predicted octanol–water partition coefficient (Wildman–Crippen LogP) is 31.0. The number of benzene rings is 15. The van der Waals surface area contributed by atoms with Crippen molar-refractivity contribution in [3.05, 3.63) is 480 Å². The number of nitrogens with zero attached hydrogens (tertiary/aromatic N) is 5. The van der Waals surface area contributed by atoms with Crippen LogP contribution in [0.2, 0.25) is 0 Å². The average molecular weight is 1970 g/mol. The third-order valence-corrected chi connectivity index (χ3v) is 21.2. The normalized spacial score (nSPS) is 10.9. The van der Waals surface area contributed by atoms with Crippen molar-refractivity contribution in [2.45, 2.75) is 105 Å². The fourth-order valence-electron chi connectivity index (χ4n) is 14.1. The number of aromatic amines is 1. The molecule has 125 heavy (non-hydrogen) atoms. The van der Waals surface area contributed by atoms with Gasteiger partial charge in [0.1, 0.15) is 5.82 Å². The van der Waals surface area contributed by atoms with Crippen LogP contribution in [0.1, 0.15) is 144 Å². The number of rotatable bonds is 4. The molecular formula is C117H118Hf2N6-4. The van der Waals surface area contributed by atoms with Crippen molar-refractivity contribution in [1.82, 2.24) is 29.1 Å². The molecule has 0 atom stereocenters. The Kier molecular flexibility index (Phi) is 34.2. The van der Waals surface area contributed by atoms with E-state index in [1.807, 2.05) is 224 Å². The van der Waals surface area contributed by atoms with Crippen LogP contribution in [0.3, 0.4) is 0 Å². The van der Waals surface area contributed by atoms with Crippen molar-refractivity contribution in [3.8, 4) is 45.6 Å². The maximum absolute atomic E-state index is 5.19. The quantitative estimate of drug-likeness (QED) is 0.108. The number of fused-ring (bicyclic) bond motifs is 6. The molecule has 8 heteroatoms. The zero-order valence-corrected chi connectivity index (χ0v) is 82.6. The molecule has 0 radical (unpaired) electrons. The molecule has 4 heterocycles. The molecule has 1 N–H and O–H groups in total. The van der Waals surface area contributed by atoms with E-state index in [9.17, 15) is 0 Å². The summed E-state index contributed by atoms with van der Waals surface area (Å²) in [6.45, 7) is 53.4. The molecule has 0 amide bonds. The molecule has 0 spiro atoms. The van der Waals surface area contributed by atoms with Gasteiger partial charge in [-0.2, -0.15) is 172 Å². The van der Waals surface area contributed by atoms with Crippen LogP contribution in [0.15, 0.2) is 370 Å². The number of H-pyrrole nitrogens is 1. The van der Waals surface area contributed by atoms with E-state index in [0.29, 0.717) is 0 Å². The summed E-state index contributed by atoms with van der Waals surface area (Å²) in [5.74, 6) is 1.84. The summed E-state index contributed by atoms with van der Waals surface area (Å²) in [4.78, 5) is 18.8. The molecule has 0 fully saturated rings. The van der Waals surface area contributed by atoms with Crippen LogP contribution >= 0.6 is 0 Å². The summed E-state index contributed by atoms with van der Waals surface area (Å²) < 4.78 is 4.30. The molecule has 4 aromatic heterocycles. The summed E-state index contributed by atoms with van der Waals surface area (Å²) in [6, 6.07) is 127. The topological polar surface area (TPSA) is 65.5 Å². The van der Waals surface area contributed by atoms with Gasteiger partial charge < -0.3 is 19.1 Å². The van der Waals surface area contributed by atoms with Crippen LogP contribution < -0.4 is 4.98 Å². The fourth-order valence-corrected chi connectivity index (χ4v) is 14.1. The first kappa shape index (κ1) is 96.5. The summed E-state index contributed by atoms with van der Waals surface area (Å²) in [5, 5.41) is 10.1. The van der Waals surface area contributed by atoms with Gasteiger partial charge in [-0.05, 0) is 147 Å². The Balaban J connectivity index is 0.000000182. The third-order valence-electron chi connectivity index (χ3n) is 21.2. The Hall–Kier alpha value is -12.3. The minimum absolute atomic E-state index is 0. The van der Waals surface area contributed by atoms with Crippen molar-refractivity contribution in [3.63, 3.8) is 0 Å². The van der Waals surface area contributed by atoms with Gasteiger partial charge in [0.05, 0.1) is 27.8 Å². The number of aromatic nitrogens is 6. The maximum atomic E-state index is 5.19. The van der Waals surface area contributed by atoms with Crippen LogP contribution in [0.4, 0.5) is 0 Å². The Morgan fingerprint density at radius 1 is 0.256 bits per heavy atom. The molecule has 19 aromatic rings. The first-order valence-electron chi connectivity index (χ1n) is 42.1. The van der Waals surface area contributed by atoms with Gasteiger partial charge in [-0.1, -0.05) is 234 Å². The summed E-state index contributed by atoms with van der Waals surface area (Å²) in [5.41, 5.74) is 23.9. The van der Waals surface area contributed by atoms with Crippen molar-refractivity contribution in [2.24, 2.45) is 14.1 Å². The van der Waals surface area contributed by atoms with Gasteiger partial charge in [0.25, 0.3) is 0 Å². The Bertz CT molecular complexity index is 5900. The van der Waals surface area contributed by atoms with Crippen molar-refractivity contribution >= 4 is 65.2 Å². The monoisotopic (exact) mass is 1970 g/mol. The molecule has 0 aliphatic carbocycles. The molecule has 19 rings (SSSR count). The fraction of sp³-hybridized carbons (Fsp3) is 0.154. The molecule has 0 saturated heterocycles. The second kappa shape index (κ2) is 44.3. The maximum Gasteiger partial charge on any atom is 4.00 e. The van der Waals surface area contributed by atoms with Crippen LogP contribution in [-0.4, -0.2) is 24.1 Å². The standard InChI is InChI=1S/C34H35N3.C34H34N3.7C7H7.2Hf/c2*1-33(2,3)23-14-15-25-22(19-23)18-21-12-13-24(34(4,5)6)20-26(21)31(25)28-16-17-29(35-28)32-36-27-10-8-9-11-30(27)37(32)7;7*1-7-5-3-2-4-6-7;;/h8-20,35H,1-7H3;8-20H,1-7H3;7*2-6H,1H2;;/q;8*-1;;+4. The van der Waals surface area contributed by atoms with E-state index in [1.165, 1.54) is 76.5 Å². The Morgan fingerprint density at radius 3 is 0.848 bits per heavy atom. The summed E-state index contributed by atoms with van der Waals surface area (Å²) in [7, 11) is 4.15. The van der Waals surface area contributed by atoms with E-state index < -0.39 is 0 Å². The minimum atomic E-state index is 0. The number of hydrogen-bond donors (Lipinski definition) is 1.